The number of rotatable bonds is 8. The minimum atomic E-state index is 0.599. The lowest BCUT2D eigenvalue weighted by molar-refractivity contribution is 0.418. The van der Waals surface area contributed by atoms with Crippen LogP contribution in [0.5, 0.6) is 0 Å². The number of hydrogen-bond donors (Lipinski definition) is 1. The molecule has 0 fully saturated rings. The van der Waals surface area contributed by atoms with E-state index in [1.165, 1.54) is 51.4 Å². The van der Waals surface area contributed by atoms with E-state index in [0.29, 0.717) is 12.1 Å². The van der Waals surface area contributed by atoms with Gasteiger partial charge >= 0.3 is 0 Å². The van der Waals surface area contributed by atoms with Crippen LogP contribution in [0.4, 0.5) is 0 Å². The Morgan fingerprint density at radius 2 is 1.95 bits per heavy atom. The first-order valence-corrected chi connectivity index (χ1v) is 8.15. The van der Waals surface area contributed by atoms with Crippen LogP contribution in [0.1, 0.15) is 76.0 Å². The molecule has 0 heterocycles. The van der Waals surface area contributed by atoms with Gasteiger partial charge in [0.1, 0.15) is 0 Å². The van der Waals surface area contributed by atoms with Gasteiger partial charge in [0, 0.05) is 12.1 Å². The van der Waals surface area contributed by atoms with Gasteiger partial charge in [-0.1, -0.05) is 63.3 Å². The molecule has 1 N–H and O–H groups in total. The molecule has 1 aromatic rings. The van der Waals surface area contributed by atoms with Crippen molar-refractivity contribution in [3.63, 3.8) is 0 Å². The van der Waals surface area contributed by atoms with Crippen molar-refractivity contribution < 1.29 is 0 Å². The van der Waals surface area contributed by atoms with Crippen LogP contribution in [0.15, 0.2) is 24.3 Å². The lowest BCUT2D eigenvalue weighted by atomic mass is 10.0. The maximum atomic E-state index is 3.83. The van der Waals surface area contributed by atoms with E-state index in [1.54, 1.807) is 11.1 Å². The summed E-state index contributed by atoms with van der Waals surface area (Å²) in [6, 6.07) is 10.2. The summed E-state index contributed by atoms with van der Waals surface area (Å²) < 4.78 is 0. The summed E-state index contributed by atoms with van der Waals surface area (Å²) in [6.45, 7) is 4.63. The molecule has 2 rings (SSSR count). The minimum Gasteiger partial charge on any atom is -0.307 e. The molecular formula is C18H29N. The third-order valence-electron chi connectivity index (χ3n) is 4.36. The highest BCUT2D eigenvalue weighted by Gasteiger charge is 2.22. The second kappa shape index (κ2) is 7.69. The van der Waals surface area contributed by atoms with Crippen LogP contribution >= 0.6 is 0 Å². The number of nitrogens with one attached hydrogen (secondary N) is 1. The number of benzene rings is 1. The summed E-state index contributed by atoms with van der Waals surface area (Å²) in [6.07, 6.45) is 10.8. The van der Waals surface area contributed by atoms with Gasteiger partial charge in [-0.15, -0.1) is 0 Å². The summed E-state index contributed by atoms with van der Waals surface area (Å²) >= 11 is 0. The van der Waals surface area contributed by atoms with E-state index in [0.717, 1.165) is 0 Å². The molecule has 0 aromatic heterocycles. The topological polar surface area (TPSA) is 12.0 Å². The van der Waals surface area contributed by atoms with Gasteiger partial charge in [-0.2, -0.15) is 0 Å². The van der Waals surface area contributed by atoms with Crippen LogP contribution in [-0.4, -0.2) is 6.04 Å². The molecule has 2 atom stereocenters. The quantitative estimate of drug-likeness (QED) is 0.647. The average Bonchev–Trinajstić information content (AvgIpc) is 2.82. The molecule has 0 aliphatic heterocycles. The van der Waals surface area contributed by atoms with Crippen molar-refractivity contribution in [1.82, 2.24) is 5.32 Å². The Morgan fingerprint density at radius 1 is 1.16 bits per heavy atom. The third-order valence-corrected chi connectivity index (χ3v) is 4.36. The highest BCUT2D eigenvalue weighted by molar-refractivity contribution is 5.34. The van der Waals surface area contributed by atoms with Crippen LogP contribution < -0.4 is 5.32 Å². The van der Waals surface area contributed by atoms with Crippen molar-refractivity contribution in [2.75, 3.05) is 0 Å². The zero-order valence-corrected chi connectivity index (χ0v) is 12.6. The Kier molecular flexibility index (Phi) is 5.91. The number of aryl methyl sites for hydroxylation is 1. The van der Waals surface area contributed by atoms with E-state index in [9.17, 15) is 0 Å². The molecule has 2 unspecified atom stereocenters. The Hall–Kier alpha value is -0.820. The first-order chi connectivity index (χ1) is 9.31. The van der Waals surface area contributed by atoms with Gasteiger partial charge in [-0.05, 0) is 37.3 Å². The number of hydrogen-bond acceptors (Lipinski definition) is 1. The third kappa shape index (κ3) is 4.35. The normalized spacial score (nSPS) is 19.4. The molecule has 1 aliphatic carbocycles. The van der Waals surface area contributed by atoms with Crippen LogP contribution in [-0.2, 0) is 6.42 Å². The summed E-state index contributed by atoms with van der Waals surface area (Å²) in [4.78, 5) is 0. The molecule has 19 heavy (non-hydrogen) atoms. The lowest BCUT2D eigenvalue weighted by Crippen LogP contribution is -2.29. The fourth-order valence-electron chi connectivity index (χ4n) is 3.21. The Morgan fingerprint density at radius 3 is 2.79 bits per heavy atom. The Bertz CT molecular complexity index is 372. The molecule has 1 heteroatoms. The van der Waals surface area contributed by atoms with Gasteiger partial charge in [-0.3, -0.25) is 0 Å². The van der Waals surface area contributed by atoms with Crippen molar-refractivity contribution in [3.05, 3.63) is 35.4 Å². The van der Waals surface area contributed by atoms with Gasteiger partial charge in [-0.25, -0.2) is 0 Å². The molecule has 1 nitrogen and oxygen atoms in total. The highest BCUT2D eigenvalue weighted by atomic mass is 14.9. The molecule has 0 saturated heterocycles. The molecule has 0 radical (unpaired) electrons. The molecule has 0 spiro atoms. The lowest BCUT2D eigenvalue weighted by Gasteiger charge is -2.20. The van der Waals surface area contributed by atoms with E-state index in [-0.39, 0.29) is 0 Å². The zero-order chi connectivity index (χ0) is 13.5. The minimum absolute atomic E-state index is 0.599. The second-order valence-electron chi connectivity index (χ2n) is 6.06. The first-order valence-electron chi connectivity index (χ1n) is 8.15. The Labute approximate surface area is 118 Å². The van der Waals surface area contributed by atoms with E-state index < -0.39 is 0 Å². The molecular weight excluding hydrogens is 230 g/mol. The molecule has 0 amide bonds. The van der Waals surface area contributed by atoms with Crippen LogP contribution in [0.3, 0.4) is 0 Å². The summed E-state index contributed by atoms with van der Waals surface area (Å²) in [5.74, 6) is 0. The van der Waals surface area contributed by atoms with E-state index >= 15 is 0 Å². The van der Waals surface area contributed by atoms with Gasteiger partial charge in [0.25, 0.3) is 0 Å². The number of fused-ring (bicyclic) bond motifs is 1. The highest BCUT2D eigenvalue weighted by Crippen LogP contribution is 2.31. The van der Waals surface area contributed by atoms with E-state index in [2.05, 4.69) is 43.4 Å². The Balaban J connectivity index is 1.70. The smallest absolute Gasteiger partial charge is 0.0328 e. The monoisotopic (exact) mass is 259 g/mol. The molecule has 106 valence electrons. The molecule has 1 aromatic carbocycles. The first kappa shape index (κ1) is 14.6. The van der Waals surface area contributed by atoms with Crippen molar-refractivity contribution in [2.45, 2.75) is 77.3 Å². The van der Waals surface area contributed by atoms with Gasteiger partial charge in [0.05, 0.1) is 0 Å². The van der Waals surface area contributed by atoms with Gasteiger partial charge in [0.15, 0.2) is 0 Å². The van der Waals surface area contributed by atoms with Crippen molar-refractivity contribution in [2.24, 2.45) is 0 Å². The zero-order valence-electron chi connectivity index (χ0n) is 12.6. The average molecular weight is 259 g/mol. The van der Waals surface area contributed by atoms with Gasteiger partial charge in [0.2, 0.25) is 0 Å². The van der Waals surface area contributed by atoms with Crippen molar-refractivity contribution in [3.8, 4) is 0 Å². The van der Waals surface area contributed by atoms with E-state index in [4.69, 9.17) is 0 Å². The maximum absolute atomic E-state index is 3.83. The summed E-state index contributed by atoms with van der Waals surface area (Å²) in [5, 5.41) is 3.83. The second-order valence-corrected chi connectivity index (χ2v) is 6.06. The molecule has 1 aliphatic rings. The fourth-order valence-corrected chi connectivity index (χ4v) is 3.21. The standard InChI is InChI=1S/C18H29N/c1-3-4-5-6-7-10-15(2)19-18-14-13-16-11-8-9-12-17(16)18/h8-9,11-12,15,18-19H,3-7,10,13-14H2,1-2H3. The predicted octanol–water partition coefficient (Wildman–Crippen LogP) is 5.01. The van der Waals surface area contributed by atoms with Crippen LogP contribution in [0, 0.1) is 0 Å². The molecule has 0 saturated carbocycles. The van der Waals surface area contributed by atoms with Crippen molar-refractivity contribution >= 4 is 0 Å². The van der Waals surface area contributed by atoms with Crippen LogP contribution in [0.25, 0.3) is 0 Å². The van der Waals surface area contributed by atoms with Gasteiger partial charge < -0.3 is 5.32 Å². The SMILES string of the molecule is CCCCCCCC(C)NC1CCc2ccccc21. The maximum Gasteiger partial charge on any atom is 0.0328 e. The van der Waals surface area contributed by atoms with E-state index in [1.807, 2.05) is 0 Å². The predicted molar refractivity (Wildman–Crippen MR) is 83.5 cm³/mol. The van der Waals surface area contributed by atoms with Crippen molar-refractivity contribution in [1.29, 1.82) is 0 Å². The van der Waals surface area contributed by atoms with Crippen LogP contribution in [0.2, 0.25) is 0 Å². The summed E-state index contributed by atoms with van der Waals surface area (Å²) in [5.41, 5.74) is 3.09. The fraction of sp³-hybridized carbons (Fsp3) is 0.667. The number of unbranched alkanes of at least 4 members (excludes halogenated alkanes) is 4. The largest absolute Gasteiger partial charge is 0.307 e. The summed E-state index contributed by atoms with van der Waals surface area (Å²) in [7, 11) is 0. The molecule has 0 bridgehead atoms.